The number of nitrogens with one attached hydrogen (secondary N) is 1. The minimum absolute atomic E-state index is 0.0735. The minimum atomic E-state index is -0.749. The topological polar surface area (TPSA) is 45.2 Å². The van der Waals surface area contributed by atoms with Crippen LogP contribution in [0.5, 0.6) is 0 Å². The fraction of sp³-hybridized carbons (Fsp3) is 0.421. The van der Waals surface area contributed by atoms with Crippen LogP contribution in [-0.4, -0.2) is 28.8 Å². The van der Waals surface area contributed by atoms with Gasteiger partial charge in [0.1, 0.15) is 0 Å². The minimum Gasteiger partial charge on any atom is -0.389 e. The van der Waals surface area contributed by atoms with Crippen molar-refractivity contribution in [1.82, 2.24) is 10.3 Å². The smallest absolute Gasteiger partial charge is 0.0796 e. The van der Waals surface area contributed by atoms with Crippen molar-refractivity contribution in [3.8, 4) is 0 Å². The molecule has 0 radical (unpaired) electrons. The van der Waals surface area contributed by atoms with Gasteiger partial charge in [-0.25, -0.2) is 0 Å². The zero-order chi connectivity index (χ0) is 15.9. The largest absolute Gasteiger partial charge is 0.389 e. The molecule has 2 aliphatic rings. The molecule has 4 rings (SSSR count). The first-order valence-corrected chi connectivity index (χ1v) is 8.70. The lowest BCUT2D eigenvalue weighted by Gasteiger charge is -2.40. The molecule has 1 aliphatic heterocycles. The molecule has 1 aromatic heterocycles. The van der Waals surface area contributed by atoms with Crippen molar-refractivity contribution in [1.29, 1.82) is 0 Å². The van der Waals surface area contributed by atoms with Crippen molar-refractivity contribution in [2.75, 3.05) is 13.1 Å². The third kappa shape index (κ3) is 2.67. The van der Waals surface area contributed by atoms with Gasteiger partial charge in [-0.1, -0.05) is 23.7 Å². The Bertz CT molecular complexity index is 725. The van der Waals surface area contributed by atoms with Crippen LogP contribution in [0.1, 0.15) is 41.1 Å². The molecule has 3 nitrogen and oxygen atoms in total. The Morgan fingerprint density at radius 3 is 2.74 bits per heavy atom. The SMILES string of the molecule is OC1(C2c3ccc(Cl)cc3CCc3cccnc32)CCNCC1. The summed E-state index contributed by atoms with van der Waals surface area (Å²) in [5.74, 6) is -0.0735. The molecule has 1 aromatic carbocycles. The van der Waals surface area contributed by atoms with Crippen LogP contribution in [-0.2, 0) is 12.8 Å². The summed E-state index contributed by atoms with van der Waals surface area (Å²) < 4.78 is 0. The number of aliphatic hydroxyl groups is 1. The number of hydrogen-bond donors (Lipinski definition) is 2. The lowest BCUT2D eigenvalue weighted by molar-refractivity contribution is -0.00605. The highest BCUT2D eigenvalue weighted by Crippen LogP contribution is 2.44. The average Bonchev–Trinajstić information content (AvgIpc) is 2.72. The van der Waals surface area contributed by atoms with Gasteiger partial charge in [-0.15, -0.1) is 0 Å². The van der Waals surface area contributed by atoms with Crippen LogP contribution in [0.4, 0.5) is 0 Å². The van der Waals surface area contributed by atoms with E-state index < -0.39 is 5.60 Å². The average molecular weight is 329 g/mol. The maximum Gasteiger partial charge on any atom is 0.0796 e. The van der Waals surface area contributed by atoms with Gasteiger partial charge in [-0.2, -0.15) is 0 Å². The molecule has 2 N–H and O–H groups in total. The molecule has 0 amide bonds. The summed E-state index contributed by atoms with van der Waals surface area (Å²) in [6.45, 7) is 1.69. The molecule has 23 heavy (non-hydrogen) atoms. The van der Waals surface area contributed by atoms with Gasteiger partial charge in [0.15, 0.2) is 0 Å². The monoisotopic (exact) mass is 328 g/mol. The summed E-state index contributed by atoms with van der Waals surface area (Å²) in [6.07, 6.45) is 5.23. The number of aromatic nitrogens is 1. The van der Waals surface area contributed by atoms with E-state index in [0.717, 1.165) is 49.5 Å². The van der Waals surface area contributed by atoms with Crippen molar-refractivity contribution in [3.63, 3.8) is 0 Å². The maximum atomic E-state index is 11.5. The molecular weight excluding hydrogens is 308 g/mol. The Kier molecular flexibility index (Phi) is 3.88. The van der Waals surface area contributed by atoms with Gasteiger partial charge in [0.05, 0.1) is 17.2 Å². The van der Waals surface area contributed by atoms with Gasteiger partial charge in [0, 0.05) is 11.2 Å². The number of aryl methyl sites for hydroxylation is 2. The highest BCUT2D eigenvalue weighted by Gasteiger charge is 2.43. The van der Waals surface area contributed by atoms with Crippen LogP contribution in [0.2, 0.25) is 5.02 Å². The van der Waals surface area contributed by atoms with Crippen LogP contribution in [0.25, 0.3) is 0 Å². The first-order chi connectivity index (χ1) is 11.2. The number of nitrogens with zero attached hydrogens (tertiary/aromatic N) is 1. The molecule has 4 heteroatoms. The lowest BCUT2D eigenvalue weighted by Crippen LogP contribution is -2.47. The molecule has 0 bridgehead atoms. The Morgan fingerprint density at radius 1 is 1.13 bits per heavy atom. The van der Waals surface area contributed by atoms with Crippen molar-refractivity contribution >= 4 is 11.6 Å². The molecular formula is C19H21ClN2O. The number of pyridine rings is 1. The Balaban J connectivity index is 1.91. The number of fused-ring (bicyclic) bond motifs is 2. The molecule has 1 atom stereocenters. The summed E-state index contributed by atoms with van der Waals surface area (Å²) in [6, 6.07) is 10.2. The van der Waals surface area contributed by atoms with E-state index in [0.29, 0.717) is 0 Å². The van der Waals surface area contributed by atoms with E-state index in [1.807, 2.05) is 18.3 Å². The van der Waals surface area contributed by atoms with Gasteiger partial charge >= 0.3 is 0 Å². The third-order valence-electron chi connectivity index (χ3n) is 5.29. The second kappa shape index (κ2) is 5.90. The Labute approximate surface area is 141 Å². The van der Waals surface area contributed by atoms with Gasteiger partial charge in [0.25, 0.3) is 0 Å². The number of piperidine rings is 1. The van der Waals surface area contributed by atoms with E-state index in [4.69, 9.17) is 11.6 Å². The van der Waals surface area contributed by atoms with Crippen molar-refractivity contribution in [2.45, 2.75) is 37.2 Å². The molecule has 0 spiro atoms. The lowest BCUT2D eigenvalue weighted by atomic mass is 9.73. The highest BCUT2D eigenvalue weighted by atomic mass is 35.5. The zero-order valence-electron chi connectivity index (χ0n) is 13.1. The van der Waals surface area contributed by atoms with Crippen LogP contribution in [0, 0.1) is 0 Å². The Morgan fingerprint density at radius 2 is 1.91 bits per heavy atom. The molecule has 2 heterocycles. The van der Waals surface area contributed by atoms with E-state index >= 15 is 0 Å². The fourth-order valence-electron chi connectivity index (χ4n) is 4.10. The van der Waals surface area contributed by atoms with Crippen LogP contribution >= 0.6 is 11.6 Å². The molecule has 2 aromatic rings. The molecule has 1 fully saturated rings. The highest BCUT2D eigenvalue weighted by molar-refractivity contribution is 6.30. The number of benzene rings is 1. The summed E-state index contributed by atoms with van der Waals surface area (Å²) in [5.41, 5.74) is 3.97. The van der Waals surface area contributed by atoms with E-state index in [1.54, 1.807) is 0 Å². The molecule has 0 saturated carbocycles. The van der Waals surface area contributed by atoms with Gasteiger partial charge in [-0.05, 0) is 73.7 Å². The van der Waals surface area contributed by atoms with E-state index in [1.165, 1.54) is 16.7 Å². The van der Waals surface area contributed by atoms with E-state index in [9.17, 15) is 5.11 Å². The Hall–Kier alpha value is -1.42. The van der Waals surface area contributed by atoms with Gasteiger partial charge in [-0.3, -0.25) is 4.98 Å². The molecule has 1 unspecified atom stereocenters. The van der Waals surface area contributed by atoms with Crippen LogP contribution < -0.4 is 5.32 Å². The first-order valence-electron chi connectivity index (χ1n) is 8.33. The standard InChI is InChI=1S/C19H21ClN2O/c20-15-5-6-16-14(12-15)4-3-13-2-1-9-22-18(13)17(16)19(23)7-10-21-11-8-19/h1-2,5-6,9,12,17,21,23H,3-4,7-8,10-11H2. The number of halogens is 1. The van der Waals surface area contributed by atoms with Crippen molar-refractivity contribution in [2.24, 2.45) is 0 Å². The fourth-order valence-corrected chi connectivity index (χ4v) is 4.30. The maximum absolute atomic E-state index is 11.5. The van der Waals surface area contributed by atoms with Crippen molar-refractivity contribution < 1.29 is 5.11 Å². The van der Waals surface area contributed by atoms with Crippen LogP contribution in [0.3, 0.4) is 0 Å². The number of rotatable bonds is 1. The second-order valence-electron chi connectivity index (χ2n) is 6.68. The first kappa shape index (κ1) is 15.1. The molecule has 1 aliphatic carbocycles. The van der Waals surface area contributed by atoms with Gasteiger partial charge in [0.2, 0.25) is 0 Å². The zero-order valence-corrected chi connectivity index (χ0v) is 13.8. The van der Waals surface area contributed by atoms with E-state index in [-0.39, 0.29) is 5.92 Å². The summed E-state index contributed by atoms with van der Waals surface area (Å²) in [5, 5.41) is 15.6. The normalized spacial score (nSPS) is 22.8. The molecule has 1 saturated heterocycles. The predicted molar refractivity (Wildman–Crippen MR) is 92.0 cm³/mol. The quantitative estimate of drug-likeness (QED) is 0.845. The second-order valence-corrected chi connectivity index (χ2v) is 7.11. The third-order valence-corrected chi connectivity index (χ3v) is 5.52. The number of hydrogen-bond acceptors (Lipinski definition) is 3. The van der Waals surface area contributed by atoms with Gasteiger partial charge < -0.3 is 10.4 Å². The summed E-state index contributed by atoms with van der Waals surface area (Å²) >= 11 is 6.22. The van der Waals surface area contributed by atoms with E-state index in [2.05, 4.69) is 28.5 Å². The summed E-state index contributed by atoms with van der Waals surface area (Å²) in [4.78, 5) is 4.69. The predicted octanol–water partition coefficient (Wildman–Crippen LogP) is 3.08. The van der Waals surface area contributed by atoms with Crippen LogP contribution in [0.15, 0.2) is 36.5 Å². The van der Waals surface area contributed by atoms with Crippen molar-refractivity contribution in [3.05, 3.63) is 63.9 Å². The summed E-state index contributed by atoms with van der Waals surface area (Å²) in [7, 11) is 0. The molecule has 120 valence electrons.